The molecule has 8 heteroatoms. The molecule has 1 aliphatic heterocycles. The zero-order valence-corrected chi connectivity index (χ0v) is 20.3. The van der Waals surface area contributed by atoms with Crippen molar-refractivity contribution in [1.82, 2.24) is 20.6 Å². The van der Waals surface area contributed by atoms with Crippen LogP contribution in [0.3, 0.4) is 0 Å². The van der Waals surface area contributed by atoms with Crippen molar-refractivity contribution in [2.24, 2.45) is 4.99 Å². The number of H-pyrrole nitrogens is 1. The van der Waals surface area contributed by atoms with Crippen LogP contribution in [0, 0.1) is 12.7 Å². The normalized spacial score (nSPS) is 16.4. The van der Waals surface area contributed by atoms with Gasteiger partial charge in [-0.1, -0.05) is 18.2 Å². The fourth-order valence-corrected chi connectivity index (χ4v) is 4.13. The number of aromatic nitrogens is 2. The van der Waals surface area contributed by atoms with Crippen molar-refractivity contribution in [2.75, 3.05) is 31.1 Å². The second-order valence-corrected chi connectivity index (χ2v) is 7.67. The Balaban J connectivity index is 0.00000272. The molecule has 3 N–H and O–H groups in total. The molecule has 1 aliphatic rings. The summed E-state index contributed by atoms with van der Waals surface area (Å²) >= 11 is 0. The maximum atomic E-state index is 14.0. The molecule has 2 aromatic heterocycles. The second kappa shape index (κ2) is 10.8. The van der Waals surface area contributed by atoms with E-state index in [1.807, 2.05) is 4.90 Å². The largest absolute Gasteiger partial charge is 0.358 e. The summed E-state index contributed by atoms with van der Waals surface area (Å²) in [7, 11) is 0. The van der Waals surface area contributed by atoms with Gasteiger partial charge in [-0.3, -0.25) is 4.99 Å². The van der Waals surface area contributed by atoms with Crippen LogP contribution >= 0.6 is 24.0 Å². The van der Waals surface area contributed by atoms with Crippen LogP contribution < -0.4 is 15.5 Å². The third-order valence-corrected chi connectivity index (χ3v) is 5.57. The molecule has 1 aromatic carbocycles. The van der Waals surface area contributed by atoms with E-state index in [0.29, 0.717) is 18.9 Å². The van der Waals surface area contributed by atoms with Crippen LogP contribution in [0.25, 0.3) is 10.9 Å². The van der Waals surface area contributed by atoms with E-state index in [2.05, 4.69) is 58.7 Å². The van der Waals surface area contributed by atoms with Crippen LogP contribution in [0.15, 0.2) is 47.6 Å². The third-order valence-electron chi connectivity index (χ3n) is 5.57. The molecule has 6 nitrogen and oxygen atoms in total. The number of guanidine groups is 1. The summed E-state index contributed by atoms with van der Waals surface area (Å²) in [6.07, 6.45) is 3.43. The van der Waals surface area contributed by atoms with Crippen LogP contribution in [0.1, 0.15) is 24.6 Å². The van der Waals surface area contributed by atoms with E-state index in [9.17, 15) is 4.39 Å². The monoisotopic (exact) mass is 536 g/mol. The molecule has 3 heterocycles. The standard InChI is InChI=1S/C23H29FN6.HI/c1-3-25-23(27-13-10-18-16(2)28-21-9-5-4-7-19(18)21)29-17-11-14-30(15-17)22-20(24)8-6-12-26-22;/h4-9,12,17,28H,3,10-11,13-15H2,1-2H3,(H2,25,27,29);1H. The highest BCUT2D eigenvalue weighted by molar-refractivity contribution is 14.0. The fourth-order valence-electron chi connectivity index (χ4n) is 4.13. The Hall–Kier alpha value is -2.36. The van der Waals surface area contributed by atoms with Crippen molar-refractivity contribution in [1.29, 1.82) is 0 Å². The lowest BCUT2D eigenvalue weighted by Crippen LogP contribution is -2.44. The molecule has 4 rings (SSSR count). The first-order chi connectivity index (χ1) is 14.7. The minimum absolute atomic E-state index is 0. The van der Waals surface area contributed by atoms with Gasteiger partial charge in [0.25, 0.3) is 0 Å². The molecule has 3 aromatic rings. The number of hydrogen-bond acceptors (Lipinski definition) is 3. The number of pyridine rings is 1. The van der Waals surface area contributed by atoms with Crippen LogP contribution in [-0.2, 0) is 6.42 Å². The molecule has 1 atom stereocenters. The molecule has 1 unspecified atom stereocenters. The van der Waals surface area contributed by atoms with Crippen molar-refractivity contribution < 1.29 is 4.39 Å². The summed E-state index contributed by atoms with van der Waals surface area (Å²) in [5.74, 6) is 0.967. The fraction of sp³-hybridized carbons (Fsp3) is 0.391. The quantitative estimate of drug-likeness (QED) is 0.253. The van der Waals surface area contributed by atoms with Gasteiger partial charge in [0.1, 0.15) is 0 Å². The van der Waals surface area contributed by atoms with Crippen molar-refractivity contribution in [3.8, 4) is 0 Å². The number of fused-ring (bicyclic) bond motifs is 1. The predicted octanol–water partition coefficient (Wildman–Crippen LogP) is 4.00. The first-order valence-electron chi connectivity index (χ1n) is 10.6. The van der Waals surface area contributed by atoms with E-state index in [1.165, 1.54) is 28.2 Å². The third kappa shape index (κ3) is 5.47. The van der Waals surface area contributed by atoms with Crippen LogP contribution in [0.2, 0.25) is 0 Å². The number of benzene rings is 1. The summed E-state index contributed by atoms with van der Waals surface area (Å²) in [5.41, 5.74) is 3.70. The van der Waals surface area contributed by atoms with Gasteiger partial charge in [0.2, 0.25) is 0 Å². The summed E-state index contributed by atoms with van der Waals surface area (Å²) < 4.78 is 14.0. The summed E-state index contributed by atoms with van der Waals surface area (Å²) in [6.45, 7) is 7.16. The number of rotatable bonds is 6. The lowest BCUT2D eigenvalue weighted by molar-refractivity contribution is 0.612. The van der Waals surface area contributed by atoms with Gasteiger partial charge in [-0.05, 0) is 50.5 Å². The van der Waals surface area contributed by atoms with Gasteiger partial charge in [-0.15, -0.1) is 24.0 Å². The number of anilines is 1. The number of hydrogen-bond donors (Lipinski definition) is 3. The van der Waals surface area contributed by atoms with Gasteiger partial charge in [-0.2, -0.15) is 0 Å². The maximum Gasteiger partial charge on any atom is 0.191 e. The van der Waals surface area contributed by atoms with Crippen LogP contribution in [0.4, 0.5) is 10.2 Å². The minimum atomic E-state index is -0.271. The van der Waals surface area contributed by atoms with Gasteiger partial charge in [0, 0.05) is 55.0 Å². The summed E-state index contributed by atoms with van der Waals surface area (Å²) in [6, 6.07) is 11.7. The lowest BCUT2D eigenvalue weighted by Gasteiger charge is -2.20. The van der Waals surface area contributed by atoms with Gasteiger partial charge in [-0.25, -0.2) is 9.37 Å². The number of halogens is 2. The first-order valence-corrected chi connectivity index (χ1v) is 10.6. The Kier molecular flexibility index (Phi) is 8.11. The summed E-state index contributed by atoms with van der Waals surface area (Å²) in [5, 5.41) is 8.11. The predicted molar refractivity (Wildman–Crippen MR) is 136 cm³/mol. The highest BCUT2D eigenvalue weighted by Gasteiger charge is 2.25. The number of aryl methyl sites for hydroxylation is 1. The molecule has 0 saturated carbocycles. The smallest absolute Gasteiger partial charge is 0.191 e. The van der Waals surface area contributed by atoms with Crippen molar-refractivity contribution in [2.45, 2.75) is 32.7 Å². The van der Waals surface area contributed by atoms with E-state index < -0.39 is 0 Å². The number of aliphatic imine (C=N–C) groups is 1. The van der Waals surface area contributed by atoms with Gasteiger partial charge in [0.15, 0.2) is 17.6 Å². The molecular formula is C23H30FIN6. The molecular weight excluding hydrogens is 506 g/mol. The van der Waals surface area contributed by atoms with Crippen molar-refractivity contribution in [3.05, 3.63) is 59.7 Å². The van der Waals surface area contributed by atoms with Crippen molar-refractivity contribution in [3.63, 3.8) is 0 Å². The van der Waals surface area contributed by atoms with E-state index in [-0.39, 0.29) is 35.8 Å². The zero-order chi connectivity index (χ0) is 20.9. The molecule has 0 bridgehead atoms. The van der Waals surface area contributed by atoms with Gasteiger partial charge >= 0.3 is 0 Å². The molecule has 1 fully saturated rings. The number of nitrogens with zero attached hydrogens (tertiary/aromatic N) is 3. The Morgan fingerprint density at radius 3 is 2.94 bits per heavy atom. The minimum Gasteiger partial charge on any atom is -0.358 e. The molecule has 0 amide bonds. The van der Waals surface area contributed by atoms with Crippen LogP contribution in [-0.4, -0.2) is 48.1 Å². The zero-order valence-electron chi connectivity index (χ0n) is 18.0. The van der Waals surface area contributed by atoms with E-state index in [0.717, 1.165) is 31.9 Å². The van der Waals surface area contributed by atoms with E-state index in [1.54, 1.807) is 12.3 Å². The van der Waals surface area contributed by atoms with Crippen LogP contribution in [0.5, 0.6) is 0 Å². The maximum absolute atomic E-state index is 14.0. The average molecular weight is 536 g/mol. The Morgan fingerprint density at radius 2 is 2.13 bits per heavy atom. The highest BCUT2D eigenvalue weighted by atomic mass is 127. The first kappa shape index (κ1) is 23.3. The lowest BCUT2D eigenvalue weighted by atomic mass is 10.1. The average Bonchev–Trinajstić information content (AvgIpc) is 3.33. The Morgan fingerprint density at radius 1 is 1.29 bits per heavy atom. The topological polar surface area (TPSA) is 68.3 Å². The summed E-state index contributed by atoms with van der Waals surface area (Å²) in [4.78, 5) is 14.4. The SMILES string of the molecule is CCNC(=NCCc1c(C)[nH]c2ccccc12)NC1CCN(c2ncccc2F)C1.I. The van der Waals surface area contributed by atoms with E-state index in [4.69, 9.17) is 4.99 Å². The second-order valence-electron chi connectivity index (χ2n) is 7.67. The Labute approximate surface area is 199 Å². The van der Waals surface area contributed by atoms with Gasteiger partial charge in [0.05, 0.1) is 0 Å². The number of para-hydroxylation sites is 1. The molecule has 0 spiro atoms. The highest BCUT2D eigenvalue weighted by Crippen LogP contribution is 2.22. The number of nitrogens with one attached hydrogen (secondary N) is 3. The number of aromatic amines is 1. The Bertz CT molecular complexity index is 1030. The van der Waals surface area contributed by atoms with Gasteiger partial charge < -0.3 is 20.5 Å². The molecule has 166 valence electrons. The van der Waals surface area contributed by atoms with E-state index >= 15 is 0 Å². The molecule has 1 saturated heterocycles. The molecule has 31 heavy (non-hydrogen) atoms. The van der Waals surface area contributed by atoms with Crippen molar-refractivity contribution >= 4 is 46.7 Å². The molecule has 0 aliphatic carbocycles. The molecule has 0 radical (unpaired) electrons.